The molecule has 140 valence electrons. The molecule has 6 nitrogen and oxygen atoms in total. The van der Waals surface area contributed by atoms with E-state index < -0.39 is 0 Å². The summed E-state index contributed by atoms with van der Waals surface area (Å²) in [5.41, 5.74) is 9.93. The molecule has 0 spiro atoms. The van der Waals surface area contributed by atoms with Crippen molar-refractivity contribution in [3.63, 3.8) is 0 Å². The van der Waals surface area contributed by atoms with Gasteiger partial charge in [-0.15, -0.1) is 0 Å². The van der Waals surface area contributed by atoms with E-state index in [0.29, 0.717) is 12.4 Å². The van der Waals surface area contributed by atoms with E-state index >= 15 is 0 Å². The van der Waals surface area contributed by atoms with Crippen LogP contribution in [0.5, 0.6) is 0 Å². The van der Waals surface area contributed by atoms with E-state index in [2.05, 4.69) is 52.9 Å². The molecule has 2 aromatic carbocycles. The van der Waals surface area contributed by atoms with Crippen LogP contribution in [-0.2, 0) is 19.4 Å². The van der Waals surface area contributed by atoms with Crippen LogP contribution in [0.4, 0.5) is 11.6 Å². The minimum absolute atomic E-state index is 0.261. The zero-order valence-electron chi connectivity index (χ0n) is 16.0. The number of aryl methyl sites for hydroxylation is 2. The zero-order valence-corrected chi connectivity index (χ0v) is 16.0. The Kier molecular flexibility index (Phi) is 5.86. The van der Waals surface area contributed by atoms with Gasteiger partial charge in [-0.2, -0.15) is 9.97 Å². The van der Waals surface area contributed by atoms with Gasteiger partial charge in [-0.1, -0.05) is 50.2 Å². The van der Waals surface area contributed by atoms with Gasteiger partial charge in [0.25, 0.3) is 0 Å². The fraction of sp³-hybridized carbons (Fsp3) is 0.286. The Morgan fingerprint density at radius 3 is 2.11 bits per heavy atom. The minimum atomic E-state index is -0.312. The molecule has 0 amide bonds. The van der Waals surface area contributed by atoms with Crippen molar-refractivity contribution < 1.29 is 0 Å². The van der Waals surface area contributed by atoms with Crippen molar-refractivity contribution in [2.24, 2.45) is 0 Å². The van der Waals surface area contributed by atoms with Gasteiger partial charge in [0, 0.05) is 12.1 Å². The summed E-state index contributed by atoms with van der Waals surface area (Å²) in [6, 6.07) is 15.9. The summed E-state index contributed by atoms with van der Waals surface area (Å²) >= 11 is 0. The molecule has 0 aliphatic rings. The second kappa shape index (κ2) is 8.49. The molecule has 1 heterocycles. The van der Waals surface area contributed by atoms with Crippen LogP contribution in [0.2, 0.25) is 0 Å². The zero-order chi connectivity index (χ0) is 19.2. The molecule has 0 saturated carbocycles. The van der Waals surface area contributed by atoms with Gasteiger partial charge in [-0.05, 0) is 43.0 Å². The fourth-order valence-electron chi connectivity index (χ4n) is 3.14. The summed E-state index contributed by atoms with van der Waals surface area (Å²) in [6.45, 7) is 6.68. The lowest BCUT2D eigenvalue weighted by molar-refractivity contribution is 0.686. The van der Waals surface area contributed by atoms with Crippen LogP contribution < -0.4 is 16.5 Å². The van der Waals surface area contributed by atoms with Crippen molar-refractivity contribution in [1.82, 2.24) is 14.5 Å². The number of hydrogen-bond donors (Lipinski definition) is 2. The summed E-state index contributed by atoms with van der Waals surface area (Å²) in [5.74, 6) is 0.917. The highest BCUT2D eigenvalue weighted by atomic mass is 16.1. The normalized spacial score (nSPS) is 10.6. The molecule has 0 fully saturated rings. The van der Waals surface area contributed by atoms with E-state index in [0.717, 1.165) is 24.1 Å². The van der Waals surface area contributed by atoms with E-state index in [4.69, 9.17) is 0 Å². The lowest BCUT2D eigenvalue weighted by Gasteiger charge is -2.17. The molecule has 0 atom stereocenters. The predicted octanol–water partition coefficient (Wildman–Crippen LogP) is 3.89. The molecule has 6 heteroatoms. The van der Waals surface area contributed by atoms with Gasteiger partial charge in [-0.3, -0.25) is 15.4 Å². The number of benzene rings is 2. The maximum atomic E-state index is 12.6. The SMILES string of the molecule is CCc1cccc(CC)c1-c1nc(NNc2ccccc2)nc(=O)n1CC. The van der Waals surface area contributed by atoms with Crippen LogP contribution in [0.25, 0.3) is 11.4 Å². The summed E-state index contributed by atoms with van der Waals surface area (Å²) < 4.78 is 1.63. The van der Waals surface area contributed by atoms with Crippen LogP contribution in [0, 0.1) is 0 Å². The first-order valence-electron chi connectivity index (χ1n) is 9.35. The van der Waals surface area contributed by atoms with E-state index in [1.165, 1.54) is 11.1 Å². The number of hydrogen-bond acceptors (Lipinski definition) is 5. The second-order valence-electron chi connectivity index (χ2n) is 6.17. The van der Waals surface area contributed by atoms with Gasteiger partial charge in [0.15, 0.2) is 0 Å². The van der Waals surface area contributed by atoms with Crippen molar-refractivity contribution in [3.8, 4) is 11.4 Å². The van der Waals surface area contributed by atoms with E-state index in [1.807, 2.05) is 37.3 Å². The number of rotatable bonds is 7. The van der Waals surface area contributed by atoms with Gasteiger partial charge in [-0.25, -0.2) is 4.79 Å². The largest absolute Gasteiger partial charge is 0.352 e. The molecule has 0 radical (unpaired) electrons. The summed E-state index contributed by atoms with van der Waals surface area (Å²) in [5, 5.41) is 0. The fourth-order valence-corrected chi connectivity index (χ4v) is 3.14. The molecule has 3 aromatic rings. The van der Waals surface area contributed by atoms with Gasteiger partial charge in [0.1, 0.15) is 5.82 Å². The third kappa shape index (κ3) is 4.00. The van der Waals surface area contributed by atoms with Crippen molar-refractivity contribution in [3.05, 3.63) is 70.1 Å². The molecular formula is C21H25N5O. The molecule has 0 bridgehead atoms. The van der Waals surface area contributed by atoms with Crippen LogP contribution in [0.3, 0.4) is 0 Å². The molecule has 0 saturated heterocycles. The van der Waals surface area contributed by atoms with Crippen LogP contribution in [0.15, 0.2) is 53.3 Å². The van der Waals surface area contributed by atoms with Crippen LogP contribution >= 0.6 is 0 Å². The molecule has 0 unspecified atom stereocenters. The van der Waals surface area contributed by atoms with E-state index in [9.17, 15) is 4.79 Å². The number of para-hydroxylation sites is 1. The lowest BCUT2D eigenvalue weighted by Crippen LogP contribution is -2.28. The van der Waals surface area contributed by atoms with Crippen molar-refractivity contribution >= 4 is 11.6 Å². The molecule has 2 N–H and O–H groups in total. The number of nitrogens with one attached hydrogen (secondary N) is 2. The molecule has 27 heavy (non-hydrogen) atoms. The molecule has 0 aliphatic heterocycles. The smallest absolute Gasteiger partial charge is 0.298 e. The van der Waals surface area contributed by atoms with Gasteiger partial charge < -0.3 is 0 Å². The maximum Gasteiger partial charge on any atom is 0.352 e. The Morgan fingerprint density at radius 1 is 0.852 bits per heavy atom. The Morgan fingerprint density at radius 2 is 1.52 bits per heavy atom. The van der Waals surface area contributed by atoms with Crippen LogP contribution in [-0.4, -0.2) is 14.5 Å². The summed E-state index contributed by atoms with van der Waals surface area (Å²) in [4.78, 5) is 21.4. The lowest BCUT2D eigenvalue weighted by atomic mass is 9.97. The highest BCUT2D eigenvalue weighted by Gasteiger charge is 2.17. The Balaban J connectivity index is 2.07. The number of aromatic nitrogens is 3. The third-order valence-electron chi connectivity index (χ3n) is 4.53. The average Bonchev–Trinajstić information content (AvgIpc) is 2.71. The van der Waals surface area contributed by atoms with E-state index in [1.54, 1.807) is 4.57 Å². The van der Waals surface area contributed by atoms with E-state index in [-0.39, 0.29) is 11.6 Å². The van der Waals surface area contributed by atoms with Gasteiger partial charge in [0.2, 0.25) is 5.95 Å². The predicted molar refractivity (Wildman–Crippen MR) is 110 cm³/mol. The summed E-state index contributed by atoms with van der Waals surface area (Å²) in [7, 11) is 0. The number of hydrazine groups is 1. The monoisotopic (exact) mass is 363 g/mol. The Hall–Kier alpha value is -3.15. The Bertz CT molecular complexity index is 944. The third-order valence-corrected chi connectivity index (χ3v) is 4.53. The minimum Gasteiger partial charge on any atom is -0.298 e. The van der Waals surface area contributed by atoms with Crippen LogP contribution in [0.1, 0.15) is 31.9 Å². The second-order valence-corrected chi connectivity index (χ2v) is 6.17. The van der Waals surface area contributed by atoms with Crippen molar-refractivity contribution in [2.75, 3.05) is 10.9 Å². The highest BCUT2D eigenvalue weighted by molar-refractivity contribution is 5.66. The molecule has 0 aliphatic carbocycles. The van der Waals surface area contributed by atoms with Gasteiger partial charge in [0.05, 0.1) is 5.69 Å². The van der Waals surface area contributed by atoms with Gasteiger partial charge >= 0.3 is 5.69 Å². The first-order chi connectivity index (χ1) is 13.2. The Labute approximate surface area is 159 Å². The maximum absolute atomic E-state index is 12.6. The topological polar surface area (TPSA) is 71.8 Å². The summed E-state index contributed by atoms with van der Waals surface area (Å²) in [6.07, 6.45) is 1.74. The number of nitrogens with zero attached hydrogens (tertiary/aromatic N) is 3. The van der Waals surface area contributed by atoms with Crippen molar-refractivity contribution in [1.29, 1.82) is 0 Å². The number of anilines is 2. The molecule has 1 aromatic heterocycles. The quantitative estimate of drug-likeness (QED) is 0.623. The first-order valence-corrected chi connectivity index (χ1v) is 9.35. The molecule has 3 rings (SSSR count). The molecular weight excluding hydrogens is 338 g/mol. The first kappa shape index (κ1) is 18.6. The standard InChI is InChI=1S/C21H25N5O/c1-4-15-11-10-12-16(5-2)18(15)19-22-20(23-21(27)26(19)6-3)25-24-17-13-8-7-9-14-17/h7-14,24H,4-6H2,1-3H3,(H,23,25,27). The average molecular weight is 363 g/mol. The highest BCUT2D eigenvalue weighted by Crippen LogP contribution is 2.27. The van der Waals surface area contributed by atoms with Crippen molar-refractivity contribution in [2.45, 2.75) is 40.2 Å².